The normalized spacial score (nSPS) is 10.2. The third-order valence-corrected chi connectivity index (χ3v) is 3.70. The van der Waals surface area contributed by atoms with E-state index in [0.717, 1.165) is 4.47 Å². The van der Waals surface area contributed by atoms with Crippen LogP contribution in [0.15, 0.2) is 71.3 Å². The maximum absolute atomic E-state index is 13.2. The van der Waals surface area contributed by atoms with Gasteiger partial charge in [-0.1, -0.05) is 28.1 Å². The van der Waals surface area contributed by atoms with E-state index in [-0.39, 0.29) is 11.7 Å². The monoisotopic (exact) mass is 385 g/mol. The van der Waals surface area contributed by atoms with Crippen LogP contribution in [0.4, 0.5) is 21.6 Å². The number of aromatic nitrogens is 1. The molecule has 0 spiro atoms. The van der Waals surface area contributed by atoms with Crippen molar-refractivity contribution in [2.75, 3.05) is 10.6 Å². The van der Waals surface area contributed by atoms with E-state index < -0.39 is 0 Å². The van der Waals surface area contributed by atoms with Gasteiger partial charge in [0.25, 0.3) is 5.91 Å². The third-order valence-electron chi connectivity index (χ3n) is 3.21. The highest BCUT2D eigenvalue weighted by atomic mass is 79.9. The number of halogens is 2. The Bertz CT molecular complexity index is 868. The number of nitrogens with zero attached hydrogens (tertiary/aromatic N) is 1. The van der Waals surface area contributed by atoms with Crippen LogP contribution in [0.5, 0.6) is 0 Å². The minimum Gasteiger partial charge on any atom is -0.354 e. The van der Waals surface area contributed by atoms with Crippen LogP contribution in [-0.4, -0.2) is 10.9 Å². The van der Waals surface area contributed by atoms with Crippen LogP contribution < -0.4 is 10.6 Å². The summed E-state index contributed by atoms with van der Waals surface area (Å²) in [6, 6.07) is 16.7. The Morgan fingerprint density at radius 3 is 2.54 bits per heavy atom. The van der Waals surface area contributed by atoms with E-state index in [4.69, 9.17) is 0 Å². The van der Waals surface area contributed by atoms with Crippen molar-refractivity contribution in [3.05, 3.63) is 82.7 Å². The summed E-state index contributed by atoms with van der Waals surface area (Å²) in [5.74, 6) is -0.120. The van der Waals surface area contributed by atoms with Crippen LogP contribution in [0, 0.1) is 5.82 Å². The predicted octanol–water partition coefficient (Wildman–Crippen LogP) is 4.98. The van der Waals surface area contributed by atoms with E-state index in [1.807, 2.05) is 6.07 Å². The van der Waals surface area contributed by atoms with Crippen LogP contribution in [0.3, 0.4) is 0 Å². The van der Waals surface area contributed by atoms with Crippen molar-refractivity contribution in [1.82, 2.24) is 4.98 Å². The number of hydrogen-bond acceptors (Lipinski definition) is 3. The lowest BCUT2D eigenvalue weighted by Gasteiger charge is -2.08. The lowest BCUT2D eigenvalue weighted by molar-refractivity contribution is 0.102. The molecule has 1 amide bonds. The molecule has 24 heavy (non-hydrogen) atoms. The van der Waals surface area contributed by atoms with Gasteiger partial charge < -0.3 is 10.6 Å². The van der Waals surface area contributed by atoms with Gasteiger partial charge in [-0.15, -0.1) is 0 Å². The van der Waals surface area contributed by atoms with Gasteiger partial charge in [0.1, 0.15) is 11.6 Å². The first-order valence-electron chi connectivity index (χ1n) is 7.16. The van der Waals surface area contributed by atoms with E-state index in [2.05, 4.69) is 31.5 Å². The second-order valence-electron chi connectivity index (χ2n) is 5.03. The molecule has 0 bridgehead atoms. The molecule has 0 aliphatic heterocycles. The zero-order valence-corrected chi connectivity index (χ0v) is 14.0. The van der Waals surface area contributed by atoms with Gasteiger partial charge in [0.2, 0.25) is 0 Å². The highest BCUT2D eigenvalue weighted by Crippen LogP contribution is 2.18. The van der Waals surface area contributed by atoms with Crippen molar-refractivity contribution in [3.63, 3.8) is 0 Å². The first-order valence-corrected chi connectivity index (χ1v) is 7.95. The van der Waals surface area contributed by atoms with Crippen molar-refractivity contribution in [3.8, 4) is 0 Å². The van der Waals surface area contributed by atoms with Crippen molar-refractivity contribution >= 4 is 39.0 Å². The minimum absolute atomic E-state index is 0.241. The summed E-state index contributed by atoms with van der Waals surface area (Å²) < 4.78 is 14.0. The van der Waals surface area contributed by atoms with Crippen molar-refractivity contribution in [2.24, 2.45) is 0 Å². The molecule has 4 nitrogen and oxygen atoms in total. The SMILES string of the molecule is O=C(Nc1ccc(Nc2cccc(F)c2)cn1)c1cccc(Br)c1. The van der Waals surface area contributed by atoms with Gasteiger partial charge in [0.15, 0.2) is 0 Å². The molecule has 0 fully saturated rings. The smallest absolute Gasteiger partial charge is 0.256 e. The summed E-state index contributed by atoms with van der Waals surface area (Å²) in [7, 11) is 0. The fraction of sp³-hybridized carbons (Fsp3) is 0. The summed E-state index contributed by atoms with van der Waals surface area (Å²) in [4.78, 5) is 16.3. The number of nitrogens with one attached hydrogen (secondary N) is 2. The van der Waals surface area contributed by atoms with Crippen molar-refractivity contribution < 1.29 is 9.18 Å². The quantitative estimate of drug-likeness (QED) is 0.665. The van der Waals surface area contributed by atoms with Gasteiger partial charge in [-0.05, 0) is 48.5 Å². The maximum atomic E-state index is 13.2. The summed E-state index contributed by atoms with van der Waals surface area (Å²) in [5.41, 5.74) is 1.86. The number of carbonyl (C=O) groups is 1. The fourth-order valence-electron chi connectivity index (χ4n) is 2.09. The fourth-order valence-corrected chi connectivity index (χ4v) is 2.49. The third kappa shape index (κ3) is 4.17. The number of anilines is 3. The predicted molar refractivity (Wildman–Crippen MR) is 96.0 cm³/mol. The Morgan fingerprint density at radius 2 is 1.83 bits per heavy atom. The number of hydrogen-bond donors (Lipinski definition) is 2. The summed E-state index contributed by atoms with van der Waals surface area (Å²) in [6.45, 7) is 0. The van der Waals surface area contributed by atoms with Crippen LogP contribution in [0.2, 0.25) is 0 Å². The second kappa shape index (κ2) is 7.23. The molecule has 2 aromatic carbocycles. The first kappa shape index (κ1) is 16.1. The van der Waals surface area contributed by atoms with Crippen LogP contribution in [0.1, 0.15) is 10.4 Å². The number of benzene rings is 2. The number of pyridine rings is 1. The number of carbonyl (C=O) groups excluding carboxylic acids is 1. The van der Waals surface area contributed by atoms with Crippen LogP contribution in [0.25, 0.3) is 0 Å². The molecule has 0 radical (unpaired) electrons. The zero-order valence-electron chi connectivity index (χ0n) is 12.5. The average Bonchev–Trinajstić information content (AvgIpc) is 2.57. The van der Waals surface area contributed by atoms with Crippen LogP contribution in [-0.2, 0) is 0 Å². The van der Waals surface area contributed by atoms with Gasteiger partial charge in [0, 0.05) is 15.7 Å². The van der Waals surface area contributed by atoms with E-state index in [1.165, 1.54) is 12.1 Å². The lowest BCUT2D eigenvalue weighted by atomic mass is 10.2. The molecule has 1 heterocycles. The minimum atomic E-state index is -0.314. The highest BCUT2D eigenvalue weighted by Gasteiger charge is 2.07. The Hall–Kier alpha value is -2.73. The molecule has 3 rings (SSSR count). The van der Waals surface area contributed by atoms with Gasteiger partial charge in [-0.3, -0.25) is 4.79 Å². The molecule has 0 aliphatic rings. The Kier molecular flexibility index (Phi) is 4.86. The van der Waals surface area contributed by atoms with Crippen molar-refractivity contribution in [2.45, 2.75) is 0 Å². The Balaban J connectivity index is 1.67. The molecule has 0 unspecified atom stereocenters. The molecule has 0 aliphatic carbocycles. The molecule has 1 aromatic heterocycles. The zero-order chi connectivity index (χ0) is 16.9. The molecule has 0 saturated carbocycles. The van der Waals surface area contributed by atoms with E-state index in [0.29, 0.717) is 22.8 Å². The van der Waals surface area contributed by atoms with Crippen LogP contribution >= 0.6 is 15.9 Å². The number of rotatable bonds is 4. The molecular formula is C18H13BrFN3O. The van der Waals surface area contributed by atoms with Crippen molar-refractivity contribution in [1.29, 1.82) is 0 Å². The summed E-state index contributed by atoms with van der Waals surface area (Å²) in [6.07, 6.45) is 1.57. The molecule has 3 aromatic rings. The average molecular weight is 386 g/mol. The van der Waals surface area contributed by atoms with Gasteiger partial charge in [-0.2, -0.15) is 0 Å². The molecule has 0 atom stereocenters. The highest BCUT2D eigenvalue weighted by molar-refractivity contribution is 9.10. The van der Waals surface area contributed by atoms with Gasteiger partial charge in [-0.25, -0.2) is 9.37 Å². The molecule has 120 valence electrons. The second-order valence-corrected chi connectivity index (χ2v) is 5.95. The van der Waals surface area contributed by atoms with Gasteiger partial charge >= 0.3 is 0 Å². The summed E-state index contributed by atoms with van der Waals surface area (Å²) >= 11 is 3.33. The van der Waals surface area contributed by atoms with E-state index in [1.54, 1.807) is 48.7 Å². The molecule has 6 heteroatoms. The van der Waals surface area contributed by atoms with Gasteiger partial charge in [0.05, 0.1) is 11.9 Å². The molecule has 0 saturated heterocycles. The topological polar surface area (TPSA) is 54.0 Å². The maximum Gasteiger partial charge on any atom is 0.256 e. The van der Waals surface area contributed by atoms with E-state index in [9.17, 15) is 9.18 Å². The number of amides is 1. The Morgan fingerprint density at radius 1 is 1.00 bits per heavy atom. The Labute approximate surface area is 146 Å². The first-order chi connectivity index (χ1) is 11.6. The summed E-state index contributed by atoms with van der Waals surface area (Å²) in [5, 5.41) is 5.77. The van der Waals surface area contributed by atoms with E-state index >= 15 is 0 Å². The standard InChI is InChI=1S/C18H13BrFN3O/c19-13-4-1-3-12(9-13)18(24)23-17-8-7-16(11-21-17)22-15-6-2-5-14(20)10-15/h1-11,22H,(H,21,23,24). The largest absolute Gasteiger partial charge is 0.354 e. The lowest BCUT2D eigenvalue weighted by Crippen LogP contribution is -2.12. The molecular weight excluding hydrogens is 373 g/mol. The molecule has 2 N–H and O–H groups in total.